The van der Waals surface area contributed by atoms with Crippen molar-refractivity contribution in [1.29, 1.82) is 0 Å². The fourth-order valence-electron chi connectivity index (χ4n) is 1.70. The van der Waals surface area contributed by atoms with E-state index in [2.05, 4.69) is 0 Å². The van der Waals surface area contributed by atoms with Crippen LogP contribution < -0.4 is 0 Å². The van der Waals surface area contributed by atoms with Crippen LogP contribution in [0.4, 0.5) is 0 Å². The van der Waals surface area contributed by atoms with Gasteiger partial charge in [-0.1, -0.05) is 13.8 Å². The zero-order valence-electron chi connectivity index (χ0n) is 9.65. The third-order valence-corrected chi connectivity index (χ3v) is 2.16. The Morgan fingerprint density at radius 1 is 1.20 bits per heavy atom. The van der Waals surface area contributed by atoms with Gasteiger partial charge in [0.15, 0.2) is 5.41 Å². The number of aliphatic carboxylic acids is 2. The number of rotatable bonds is 6. The van der Waals surface area contributed by atoms with E-state index in [1.165, 1.54) is 0 Å². The monoisotopic (exact) mass is 217 g/mol. The normalized spacial score (nSPS) is 12.1. The van der Waals surface area contributed by atoms with Crippen molar-refractivity contribution in [2.75, 3.05) is 20.6 Å². The molecule has 0 aromatic carbocycles. The Balaban J connectivity index is 5.08. The molecular formula is C10H19NO4. The molecule has 0 atom stereocenters. The molecule has 15 heavy (non-hydrogen) atoms. The van der Waals surface area contributed by atoms with Crippen LogP contribution in [0.3, 0.4) is 0 Å². The molecular weight excluding hydrogens is 198 g/mol. The summed E-state index contributed by atoms with van der Waals surface area (Å²) in [6.45, 7) is 3.64. The van der Waals surface area contributed by atoms with Crippen molar-refractivity contribution >= 4 is 11.9 Å². The molecule has 0 saturated heterocycles. The van der Waals surface area contributed by atoms with Crippen LogP contribution in [-0.2, 0) is 9.59 Å². The van der Waals surface area contributed by atoms with Crippen molar-refractivity contribution in [3.8, 4) is 0 Å². The third-order valence-electron chi connectivity index (χ3n) is 2.16. The minimum absolute atomic E-state index is 0.00977. The lowest BCUT2D eigenvalue weighted by atomic mass is 9.79. The summed E-state index contributed by atoms with van der Waals surface area (Å²) in [5, 5.41) is 18.2. The Labute approximate surface area is 89.7 Å². The van der Waals surface area contributed by atoms with Crippen molar-refractivity contribution < 1.29 is 19.8 Å². The van der Waals surface area contributed by atoms with Gasteiger partial charge in [0.1, 0.15) is 0 Å². The maximum atomic E-state index is 11.1. The zero-order chi connectivity index (χ0) is 12.2. The van der Waals surface area contributed by atoms with Crippen LogP contribution in [0.2, 0.25) is 0 Å². The molecule has 0 aromatic heterocycles. The van der Waals surface area contributed by atoms with E-state index in [0.717, 1.165) is 0 Å². The first kappa shape index (κ1) is 13.9. The summed E-state index contributed by atoms with van der Waals surface area (Å²) in [6.07, 6.45) is 0.135. The van der Waals surface area contributed by atoms with Crippen LogP contribution in [0.25, 0.3) is 0 Å². The van der Waals surface area contributed by atoms with E-state index in [1.54, 1.807) is 19.0 Å². The van der Waals surface area contributed by atoms with E-state index in [1.807, 2.05) is 13.8 Å². The summed E-state index contributed by atoms with van der Waals surface area (Å²) in [6, 6.07) is 0. The van der Waals surface area contributed by atoms with Gasteiger partial charge in [0, 0.05) is 6.54 Å². The van der Waals surface area contributed by atoms with Crippen LogP contribution in [0.5, 0.6) is 0 Å². The van der Waals surface area contributed by atoms with Gasteiger partial charge in [0.2, 0.25) is 0 Å². The molecule has 0 aliphatic carbocycles. The Hall–Kier alpha value is -1.10. The summed E-state index contributed by atoms with van der Waals surface area (Å²) in [5.41, 5.74) is -1.70. The molecule has 0 aliphatic rings. The zero-order valence-corrected chi connectivity index (χ0v) is 9.65. The molecule has 5 nitrogen and oxygen atoms in total. The van der Waals surface area contributed by atoms with Crippen molar-refractivity contribution in [3.63, 3.8) is 0 Å². The molecule has 88 valence electrons. The smallest absolute Gasteiger partial charge is 0.322 e. The van der Waals surface area contributed by atoms with Gasteiger partial charge in [-0.15, -0.1) is 0 Å². The Bertz CT molecular complexity index is 222. The minimum Gasteiger partial charge on any atom is -0.480 e. The molecule has 0 spiro atoms. The van der Waals surface area contributed by atoms with Crippen LogP contribution in [-0.4, -0.2) is 47.7 Å². The van der Waals surface area contributed by atoms with E-state index in [-0.39, 0.29) is 18.9 Å². The van der Waals surface area contributed by atoms with Crippen LogP contribution in [0.1, 0.15) is 20.3 Å². The molecule has 0 saturated carbocycles. The van der Waals surface area contributed by atoms with E-state index in [0.29, 0.717) is 0 Å². The molecule has 0 heterocycles. The largest absolute Gasteiger partial charge is 0.480 e. The molecule has 0 amide bonds. The standard InChI is InChI=1S/C10H19NO4/c1-7(2)5-10(8(12)13,9(14)15)6-11(3)4/h7H,5-6H2,1-4H3,(H,12,13)(H,14,15). The maximum absolute atomic E-state index is 11.1. The van der Waals surface area contributed by atoms with Gasteiger partial charge >= 0.3 is 11.9 Å². The van der Waals surface area contributed by atoms with Gasteiger partial charge in [0.05, 0.1) is 0 Å². The van der Waals surface area contributed by atoms with Gasteiger partial charge in [0.25, 0.3) is 0 Å². The second kappa shape index (κ2) is 5.11. The number of hydrogen-bond donors (Lipinski definition) is 2. The first-order valence-electron chi connectivity index (χ1n) is 4.84. The predicted octanol–water partition coefficient (Wildman–Crippen LogP) is 0.750. The van der Waals surface area contributed by atoms with Crippen molar-refractivity contribution in [2.45, 2.75) is 20.3 Å². The second-order valence-corrected chi connectivity index (χ2v) is 4.53. The number of carboxylic acid groups (broad SMARTS) is 2. The molecule has 2 N–H and O–H groups in total. The summed E-state index contributed by atoms with van der Waals surface area (Å²) in [4.78, 5) is 23.8. The fourth-order valence-corrected chi connectivity index (χ4v) is 1.70. The average molecular weight is 217 g/mol. The number of hydrogen-bond acceptors (Lipinski definition) is 3. The summed E-state index contributed by atoms with van der Waals surface area (Å²) < 4.78 is 0. The van der Waals surface area contributed by atoms with Gasteiger partial charge in [-0.2, -0.15) is 0 Å². The average Bonchev–Trinajstić information content (AvgIpc) is 1.99. The molecule has 0 fully saturated rings. The fraction of sp³-hybridized carbons (Fsp3) is 0.800. The highest BCUT2D eigenvalue weighted by Crippen LogP contribution is 2.28. The third kappa shape index (κ3) is 3.51. The molecule has 0 bridgehead atoms. The molecule has 0 aliphatic heterocycles. The van der Waals surface area contributed by atoms with Gasteiger partial charge in [-0.3, -0.25) is 9.59 Å². The number of nitrogens with zero attached hydrogens (tertiary/aromatic N) is 1. The van der Waals surface area contributed by atoms with Gasteiger partial charge in [-0.05, 0) is 26.4 Å². The van der Waals surface area contributed by atoms with Crippen LogP contribution in [0.15, 0.2) is 0 Å². The maximum Gasteiger partial charge on any atom is 0.322 e. The lowest BCUT2D eigenvalue weighted by molar-refractivity contribution is -0.167. The first-order valence-corrected chi connectivity index (χ1v) is 4.84. The quantitative estimate of drug-likeness (QED) is 0.642. The highest BCUT2D eigenvalue weighted by atomic mass is 16.4. The summed E-state index contributed by atoms with van der Waals surface area (Å²) >= 11 is 0. The SMILES string of the molecule is CC(C)CC(CN(C)C)(C(=O)O)C(=O)O. The van der Waals surface area contributed by atoms with E-state index >= 15 is 0 Å². The summed E-state index contributed by atoms with van der Waals surface area (Å²) in [5.74, 6) is -2.51. The first-order chi connectivity index (χ1) is 6.72. The van der Waals surface area contributed by atoms with Crippen LogP contribution >= 0.6 is 0 Å². The van der Waals surface area contributed by atoms with E-state index in [4.69, 9.17) is 10.2 Å². The lowest BCUT2D eigenvalue weighted by Crippen LogP contribution is -2.47. The minimum atomic E-state index is -1.70. The van der Waals surface area contributed by atoms with E-state index < -0.39 is 17.4 Å². The Morgan fingerprint density at radius 3 is 1.80 bits per heavy atom. The number of carbonyl (C=O) groups is 2. The molecule has 5 heteroatoms. The van der Waals surface area contributed by atoms with Gasteiger partial charge in [-0.25, -0.2) is 0 Å². The van der Waals surface area contributed by atoms with Crippen molar-refractivity contribution in [3.05, 3.63) is 0 Å². The van der Waals surface area contributed by atoms with Crippen LogP contribution in [0, 0.1) is 11.3 Å². The highest BCUT2D eigenvalue weighted by Gasteiger charge is 2.47. The second-order valence-electron chi connectivity index (χ2n) is 4.53. The van der Waals surface area contributed by atoms with Crippen molar-refractivity contribution in [1.82, 2.24) is 4.90 Å². The molecule has 0 unspecified atom stereocenters. The lowest BCUT2D eigenvalue weighted by Gasteiger charge is -2.29. The summed E-state index contributed by atoms with van der Waals surface area (Å²) in [7, 11) is 3.34. The van der Waals surface area contributed by atoms with Gasteiger partial charge < -0.3 is 15.1 Å². The van der Waals surface area contributed by atoms with Crippen molar-refractivity contribution in [2.24, 2.45) is 11.3 Å². The Morgan fingerprint density at radius 2 is 1.60 bits per heavy atom. The molecule has 0 aromatic rings. The number of carboxylic acids is 2. The van der Waals surface area contributed by atoms with E-state index in [9.17, 15) is 9.59 Å². The molecule has 0 rings (SSSR count). The molecule has 0 radical (unpaired) electrons. The topological polar surface area (TPSA) is 77.8 Å². The highest BCUT2D eigenvalue weighted by molar-refractivity contribution is 5.98. The predicted molar refractivity (Wildman–Crippen MR) is 55.7 cm³/mol. The Kier molecular flexibility index (Phi) is 4.74.